The van der Waals surface area contributed by atoms with Crippen LogP contribution in [0.4, 0.5) is 4.79 Å². The molecule has 0 radical (unpaired) electrons. The van der Waals surface area contributed by atoms with E-state index in [2.05, 4.69) is 10.5 Å². The molecule has 0 spiro atoms. The Morgan fingerprint density at radius 1 is 1.17 bits per heavy atom. The molecule has 0 fully saturated rings. The summed E-state index contributed by atoms with van der Waals surface area (Å²) >= 11 is 0. The Kier molecular flexibility index (Phi) is 5.51. The minimum atomic E-state index is -0.463. The Hall–Kier alpha value is -3.35. The SMILES string of the molecule is CN(C)C(=O)Oc1ccc(/C=N/NC(=O)c2cccc(O)c2)cc1. The molecule has 124 valence electrons. The summed E-state index contributed by atoms with van der Waals surface area (Å²) in [6.45, 7) is 0. The van der Waals surface area contributed by atoms with Gasteiger partial charge >= 0.3 is 6.09 Å². The molecule has 2 amide bonds. The topological polar surface area (TPSA) is 91.2 Å². The van der Waals surface area contributed by atoms with Crippen molar-refractivity contribution in [1.82, 2.24) is 10.3 Å². The second-order valence-electron chi connectivity index (χ2n) is 5.08. The highest BCUT2D eigenvalue weighted by molar-refractivity contribution is 5.95. The fraction of sp³-hybridized carbons (Fsp3) is 0.118. The van der Waals surface area contributed by atoms with Crippen molar-refractivity contribution in [3.05, 3.63) is 59.7 Å². The van der Waals surface area contributed by atoms with Gasteiger partial charge in [0.1, 0.15) is 11.5 Å². The zero-order valence-corrected chi connectivity index (χ0v) is 13.3. The van der Waals surface area contributed by atoms with E-state index in [-0.39, 0.29) is 5.75 Å². The monoisotopic (exact) mass is 327 g/mol. The number of amides is 2. The highest BCUT2D eigenvalue weighted by Crippen LogP contribution is 2.12. The highest BCUT2D eigenvalue weighted by atomic mass is 16.6. The third kappa shape index (κ3) is 4.84. The lowest BCUT2D eigenvalue weighted by atomic mass is 10.2. The van der Waals surface area contributed by atoms with E-state index in [0.717, 1.165) is 5.56 Å². The van der Waals surface area contributed by atoms with Crippen molar-refractivity contribution < 1.29 is 19.4 Å². The molecule has 7 nitrogen and oxygen atoms in total. The number of hydrogen-bond donors (Lipinski definition) is 2. The number of rotatable bonds is 4. The van der Waals surface area contributed by atoms with Crippen LogP contribution in [0.25, 0.3) is 0 Å². The Labute approximate surface area is 139 Å². The minimum Gasteiger partial charge on any atom is -0.508 e. The van der Waals surface area contributed by atoms with Gasteiger partial charge < -0.3 is 14.7 Å². The maximum atomic E-state index is 11.8. The summed E-state index contributed by atoms with van der Waals surface area (Å²) < 4.78 is 5.09. The Morgan fingerprint density at radius 2 is 1.88 bits per heavy atom. The molecule has 2 aromatic carbocycles. The molecule has 0 aromatic heterocycles. The molecular weight excluding hydrogens is 310 g/mol. The first-order valence-electron chi connectivity index (χ1n) is 7.07. The van der Waals surface area contributed by atoms with E-state index in [1.807, 2.05) is 0 Å². The summed E-state index contributed by atoms with van der Waals surface area (Å²) in [6.07, 6.45) is 0.993. The van der Waals surface area contributed by atoms with Crippen molar-refractivity contribution in [2.75, 3.05) is 14.1 Å². The maximum Gasteiger partial charge on any atom is 0.414 e. The minimum absolute atomic E-state index is 0.00879. The van der Waals surface area contributed by atoms with E-state index < -0.39 is 12.0 Å². The third-order valence-electron chi connectivity index (χ3n) is 2.94. The number of phenolic OH excluding ortho intramolecular Hbond substituents is 1. The summed E-state index contributed by atoms with van der Waals surface area (Å²) in [5, 5.41) is 13.2. The van der Waals surface area contributed by atoms with Crippen LogP contribution in [-0.2, 0) is 0 Å². The van der Waals surface area contributed by atoms with E-state index in [1.165, 1.54) is 23.2 Å². The summed E-state index contributed by atoms with van der Waals surface area (Å²) in [7, 11) is 3.19. The van der Waals surface area contributed by atoms with Crippen molar-refractivity contribution in [3.63, 3.8) is 0 Å². The van der Waals surface area contributed by atoms with Crippen LogP contribution in [0.5, 0.6) is 11.5 Å². The second kappa shape index (κ2) is 7.77. The van der Waals surface area contributed by atoms with Gasteiger partial charge in [0.05, 0.1) is 6.21 Å². The van der Waals surface area contributed by atoms with Gasteiger partial charge in [0.25, 0.3) is 5.91 Å². The van der Waals surface area contributed by atoms with Crippen LogP contribution in [0.15, 0.2) is 53.6 Å². The second-order valence-corrected chi connectivity index (χ2v) is 5.08. The first kappa shape index (κ1) is 17.0. The molecule has 0 saturated heterocycles. The molecule has 7 heteroatoms. The predicted molar refractivity (Wildman–Crippen MR) is 89.3 cm³/mol. The van der Waals surface area contributed by atoms with Crippen molar-refractivity contribution in [3.8, 4) is 11.5 Å². The van der Waals surface area contributed by atoms with Crippen LogP contribution in [0.2, 0.25) is 0 Å². The Bertz CT molecular complexity index is 755. The van der Waals surface area contributed by atoms with Gasteiger partial charge in [-0.3, -0.25) is 4.79 Å². The lowest BCUT2D eigenvalue weighted by Crippen LogP contribution is -2.25. The fourth-order valence-corrected chi connectivity index (χ4v) is 1.69. The van der Waals surface area contributed by atoms with Gasteiger partial charge in [-0.1, -0.05) is 6.07 Å². The molecule has 0 aliphatic heterocycles. The van der Waals surface area contributed by atoms with E-state index in [4.69, 9.17) is 4.74 Å². The maximum absolute atomic E-state index is 11.8. The van der Waals surface area contributed by atoms with Crippen molar-refractivity contribution in [2.45, 2.75) is 0 Å². The first-order valence-corrected chi connectivity index (χ1v) is 7.07. The van der Waals surface area contributed by atoms with E-state index in [9.17, 15) is 14.7 Å². The van der Waals surface area contributed by atoms with E-state index in [1.54, 1.807) is 50.5 Å². The van der Waals surface area contributed by atoms with Crippen LogP contribution >= 0.6 is 0 Å². The van der Waals surface area contributed by atoms with Gasteiger partial charge in [-0.05, 0) is 48.0 Å². The van der Waals surface area contributed by atoms with Crippen molar-refractivity contribution >= 4 is 18.2 Å². The standard InChI is InChI=1S/C17H17N3O4/c1-20(2)17(23)24-15-8-6-12(7-9-15)11-18-19-16(22)13-4-3-5-14(21)10-13/h3-11,21H,1-2H3,(H,19,22)/b18-11+. The zero-order chi connectivity index (χ0) is 17.5. The summed E-state index contributed by atoms with van der Waals surface area (Å²) in [4.78, 5) is 24.6. The largest absolute Gasteiger partial charge is 0.508 e. The average Bonchev–Trinajstić information content (AvgIpc) is 2.56. The number of phenols is 1. The van der Waals surface area contributed by atoms with Crippen LogP contribution in [-0.4, -0.2) is 42.3 Å². The van der Waals surface area contributed by atoms with E-state index >= 15 is 0 Å². The molecule has 0 unspecified atom stereocenters. The quantitative estimate of drug-likeness (QED) is 0.665. The number of benzene rings is 2. The Balaban J connectivity index is 1.92. The molecule has 0 aliphatic carbocycles. The van der Waals surface area contributed by atoms with Gasteiger partial charge in [-0.25, -0.2) is 10.2 Å². The van der Waals surface area contributed by atoms with Crippen molar-refractivity contribution in [1.29, 1.82) is 0 Å². The fourth-order valence-electron chi connectivity index (χ4n) is 1.69. The smallest absolute Gasteiger partial charge is 0.414 e. The highest BCUT2D eigenvalue weighted by Gasteiger charge is 2.06. The number of aromatic hydroxyl groups is 1. The molecule has 2 aromatic rings. The van der Waals surface area contributed by atoms with Crippen LogP contribution in [0.3, 0.4) is 0 Å². The lowest BCUT2D eigenvalue weighted by Gasteiger charge is -2.10. The molecule has 0 heterocycles. The lowest BCUT2D eigenvalue weighted by molar-refractivity contribution is 0.0954. The Morgan fingerprint density at radius 3 is 2.50 bits per heavy atom. The number of nitrogens with zero attached hydrogens (tertiary/aromatic N) is 2. The number of hydrazone groups is 1. The van der Waals surface area contributed by atoms with Gasteiger partial charge in [0.15, 0.2) is 0 Å². The molecule has 24 heavy (non-hydrogen) atoms. The number of carbonyl (C=O) groups excluding carboxylic acids is 2. The summed E-state index contributed by atoms with van der Waals surface area (Å²) in [5.74, 6) is -0.0113. The van der Waals surface area contributed by atoms with Crippen molar-refractivity contribution in [2.24, 2.45) is 5.10 Å². The molecule has 2 rings (SSSR count). The average molecular weight is 327 g/mol. The van der Waals surface area contributed by atoms with Crippen LogP contribution < -0.4 is 10.2 Å². The molecule has 2 N–H and O–H groups in total. The number of nitrogens with one attached hydrogen (secondary N) is 1. The van der Waals surface area contributed by atoms with Crippen LogP contribution in [0.1, 0.15) is 15.9 Å². The van der Waals surface area contributed by atoms with Gasteiger partial charge in [0.2, 0.25) is 0 Å². The molecule has 0 bridgehead atoms. The molecular formula is C17H17N3O4. The van der Waals surface area contributed by atoms with Gasteiger partial charge in [0, 0.05) is 19.7 Å². The number of ether oxygens (including phenoxy) is 1. The molecule has 0 aliphatic rings. The zero-order valence-electron chi connectivity index (χ0n) is 13.3. The molecule has 0 saturated carbocycles. The van der Waals surface area contributed by atoms with Crippen LogP contribution in [0, 0.1) is 0 Å². The predicted octanol–water partition coefficient (Wildman–Crippen LogP) is 2.22. The van der Waals surface area contributed by atoms with E-state index in [0.29, 0.717) is 11.3 Å². The normalized spacial score (nSPS) is 10.4. The van der Waals surface area contributed by atoms with Gasteiger partial charge in [-0.2, -0.15) is 5.10 Å². The van der Waals surface area contributed by atoms with Gasteiger partial charge in [-0.15, -0.1) is 0 Å². The number of carbonyl (C=O) groups is 2. The third-order valence-corrected chi connectivity index (χ3v) is 2.94. The molecule has 0 atom stereocenters. The number of hydrogen-bond acceptors (Lipinski definition) is 5. The summed E-state index contributed by atoms with van der Waals surface area (Å²) in [6, 6.07) is 12.6. The first-order chi connectivity index (χ1) is 11.5. The summed E-state index contributed by atoms with van der Waals surface area (Å²) in [5.41, 5.74) is 3.39.